The van der Waals surface area contributed by atoms with Crippen LogP contribution in [0.5, 0.6) is 0 Å². The van der Waals surface area contributed by atoms with Gasteiger partial charge in [0.15, 0.2) is 5.82 Å². The van der Waals surface area contributed by atoms with Crippen molar-refractivity contribution in [2.75, 3.05) is 0 Å². The Morgan fingerprint density at radius 1 is 1.18 bits per heavy atom. The van der Waals surface area contributed by atoms with Crippen molar-refractivity contribution in [2.45, 2.75) is 59.4 Å². The van der Waals surface area contributed by atoms with E-state index < -0.39 is 5.54 Å². The monoisotopic (exact) mass is 239 g/mol. The molecule has 0 aliphatic rings. The van der Waals surface area contributed by atoms with E-state index in [9.17, 15) is 0 Å². The molecule has 0 fully saturated rings. The molecule has 0 aliphatic carbocycles. The third kappa shape index (κ3) is 3.80. The normalized spacial score (nSPS) is 12.7. The van der Waals surface area contributed by atoms with E-state index in [0.717, 1.165) is 19.3 Å². The van der Waals surface area contributed by atoms with E-state index >= 15 is 0 Å². The molecule has 0 atom stereocenters. The van der Waals surface area contributed by atoms with Gasteiger partial charge in [-0.15, -0.1) is 0 Å². The van der Waals surface area contributed by atoms with Crippen molar-refractivity contribution in [3.05, 3.63) is 11.7 Å². The second-order valence-electron chi connectivity index (χ2n) is 5.72. The first-order chi connectivity index (χ1) is 7.87. The Hall–Kier alpha value is -0.900. The van der Waals surface area contributed by atoms with Gasteiger partial charge in [-0.1, -0.05) is 39.8 Å². The van der Waals surface area contributed by atoms with Crippen molar-refractivity contribution in [1.29, 1.82) is 0 Å². The second kappa shape index (κ2) is 5.63. The molecule has 0 spiro atoms. The van der Waals surface area contributed by atoms with Gasteiger partial charge in [-0.05, 0) is 24.7 Å². The van der Waals surface area contributed by atoms with Crippen molar-refractivity contribution >= 4 is 0 Å². The van der Waals surface area contributed by atoms with Crippen molar-refractivity contribution in [3.63, 3.8) is 0 Å². The molecular weight excluding hydrogens is 214 g/mol. The summed E-state index contributed by atoms with van der Waals surface area (Å²) in [5.74, 6) is 2.36. The quantitative estimate of drug-likeness (QED) is 0.829. The molecule has 0 saturated carbocycles. The summed E-state index contributed by atoms with van der Waals surface area (Å²) in [6, 6.07) is 0. The van der Waals surface area contributed by atoms with Crippen LogP contribution in [0.2, 0.25) is 0 Å². The Labute approximate surface area is 104 Å². The molecule has 1 heterocycles. The van der Waals surface area contributed by atoms with Crippen LogP contribution in [0, 0.1) is 11.8 Å². The fraction of sp³-hybridized carbons (Fsp3) is 0.846. The average Bonchev–Trinajstić information content (AvgIpc) is 2.63. The molecule has 1 aromatic rings. The number of hydrogen-bond donors (Lipinski definition) is 1. The largest absolute Gasteiger partial charge is 0.339 e. The number of nitrogens with two attached hydrogens (primary N) is 1. The SMILES string of the molecule is CCc1nc(C(N)(CC(C)C)CC(C)C)no1. The van der Waals surface area contributed by atoms with Crippen LogP contribution in [0.4, 0.5) is 0 Å². The first kappa shape index (κ1) is 14.2. The molecule has 0 radical (unpaired) electrons. The summed E-state index contributed by atoms with van der Waals surface area (Å²) >= 11 is 0. The maximum atomic E-state index is 6.50. The summed E-state index contributed by atoms with van der Waals surface area (Å²) in [5, 5.41) is 4.05. The number of aromatic nitrogens is 2. The summed E-state index contributed by atoms with van der Waals surface area (Å²) in [4.78, 5) is 4.40. The van der Waals surface area contributed by atoms with E-state index in [4.69, 9.17) is 10.3 Å². The van der Waals surface area contributed by atoms with Gasteiger partial charge < -0.3 is 10.3 Å². The van der Waals surface area contributed by atoms with Crippen LogP contribution in [-0.2, 0) is 12.0 Å². The highest BCUT2D eigenvalue weighted by molar-refractivity contribution is 5.04. The van der Waals surface area contributed by atoms with Crippen molar-refractivity contribution < 1.29 is 4.52 Å². The Kier molecular flexibility index (Phi) is 4.69. The van der Waals surface area contributed by atoms with Gasteiger partial charge in [0.2, 0.25) is 5.89 Å². The van der Waals surface area contributed by atoms with Crippen LogP contribution in [-0.4, -0.2) is 10.1 Å². The Morgan fingerprint density at radius 2 is 1.71 bits per heavy atom. The molecule has 0 unspecified atom stereocenters. The van der Waals surface area contributed by atoms with Crippen LogP contribution in [0.25, 0.3) is 0 Å². The van der Waals surface area contributed by atoms with Gasteiger partial charge in [-0.3, -0.25) is 0 Å². The zero-order chi connectivity index (χ0) is 13.1. The molecule has 98 valence electrons. The van der Waals surface area contributed by atoms with E-state index in [-0.39, 0.29) is 0 Å². The number of hydrogen-bond acceptors (Lipinski definition) is 4. The van der Waals surface area contributed by atoms with E-state index in [1.165, 1.54) is 0 Å². The van der Waals surface area contributed by atoms with E-state index in [0.29, 0.717) is 23.6 Å². The van der Waals surface area contributed by atoms with Gasteiger partial charge >= 0.3 is 0 Å². The second-order valence-corrected chi connectivity index (χ2v) is 5.72. The Morgan fingerprint density at radius 3 is 2.06 bits per heavy atom. The zero-order valence-electron chi connectivity index (χ0n) is 11.7. The molecule has 0 aromatic carbocycles. The lowest BCUT2D eigenvalue weighted by molar-refractivity contribution is 0.263. The van der Waals surface area contributed by atoms with Crippen molar-refractivity contribution in [1.82, 2.24) is 10.1 Å². The molecule has 17 heavy (non-hydrogen) atoms. The minimum Gasteiger partial charge on any atom is -0.339 e. The minimum atomic E-state index is -0.459. The lowest BCUT2D eigenvalue weighted by atomic mass is 9.82. The summed E-state index contributed by atoms with van der Waals surface area (Å²) in [6.07, 6.45) is 2.52. The Bertz CT molecular complexity index is 334. The third-order valence-corrected chi connectivity index (χ3v) is 2.76. The number of rotatable bonds is 6. The van der Waals surface area contributed by atoms with E-state index in [1.807, 2.05) is 6.92 Å². The zero-order valence-corrected chi connectivity index (χ0v) is 11.7. The van der Waals surface area contributed by atoms with Gasteiger partial charge in [0.25, 0.3) is 0 Å². The predicted molar refractivity (Wildman–Crippen MR) is 68.5 cm³/mol. The average molecular weight is 239 g/mol. The highest BCUT2D eigenvalue weighted by Gasteiger charge is 2.34. The molecular formula is C13H25N3O. The van der Waals surface area contributed by atoms with Gasteiger partial charge in [-0.2, -0.15) is 4.98 Å². The third-order valence-electron chi connectivity index (χ3n) is 2.76. The van der Waals surface area contributed by atoms with Crippen LogP contribution < -0.4 is 5.73 Å². The van der Waals surface area contributed by atoms with Crippen LogP contribution in [0.15, 0.2) is 4.52 Å². The van der Waals surface area contributed by atoms with Gasteiger partial charge in [0.05, 0.1) is 5.54 Å². The Balaban J connectivity index is 2.95. The molecule has 2 N–H and O–H groups in total. The van der Waals surface area contributed by atoms with Crippen LogP contribution in [0.1, 0.15) is 59.2 Å². The topological polar surface area (TPSA) is 64.9 Å². The van der Waals surface area contributed by atoms with Crippen molar-refractivity contribution in [2.24, 2.45) is 17.6 Å². The fourth-order valence-corrected chi connectivity index (χ4v) is 2.32. The predicted octanol–water partition coefficient (Wildman–Crippen LogP) is 2.88. The van der Waals surface area contributed by atoms with Gasteiger partial charge in [-0.25, -0.2) is 0 Å². The lowest BCUT2D eigenvalue weighted by Gasteiger charge is -2.29. The highest BCUT2D eigenvalue weighted by Crippen LogP contribution is 2.30. The molecule has 4 heteroatoms. The van der Waals surface area contributed by atoms with E-state index in [1.54, 1.807) is 0 Å². The first-order valence-corrected chi connectivity index (χ1v) is 6.49. The smallest absolute Gasteiger partial charge is 0.226 e. The van der Waals surface area contributed by atoms with Gasteiger partial charge in [0, 0.05) is 6.42 Å². The molecule has 0 aliphatic heterocycles. The van der Waals surface area contributed by atoms with Crippen LogP contribution in [0.3, 0.4) is 0 Å². The van der Waals surface area contributed by atoms with Crippen LogP contribution >= 0.6 is 0 Å². The van der Waals surface area contributed by atoms with Gasteiger partial charge in [0.1, 0.15) is 0 Å². The highest BCUT2D eigenvalue weighted by atomic mass is 16.5. The molecule has 0 bridgehead atoms. The number of nitrogens with zero attached hydrogens (tertiary/aromatic N) is 2. The maximum absolute atomic E-state index is 6.50. The molecule has 0 amide bonds. The summed E-state index contributed by atoms with van der Waals surface area (Å²) in [7, 11) is 0. The fourth-order valence-electron chi connectivity index (χ4n) is 2.32. The summed E-state index contributed by atoms with van der Waals surface area (Å²) < 4.78 is 5.18. The lowest BCUT2D eigenvalue weighted by Crippen LogP contribution is -2.40. The minimum absolute atomic E-state index is 0.459. The molecule has 1 rings (SSSR count). The molecule has 1 aromatic heterocycles. The van der Waals surface area contributed by atoms with E-state index in [2.05, 4.69) is 37.8 Å². The summed E-state index contributed by atoms with van der Waals surface area (Å²) in [5.41, 5.74) is 6.05. The van der Waals surface area contributed by atoms with Crippen molar-refractivity contribution in [3.8, 4) is 0 Å². The maximum Gasteiger partial charge on any atom is 0.226 e. The summed E-state index contributed by atoms with van der Waals surface area (Å²) in [6.45, 7) is 10.7. The molecule has 4 nitrogen and oxygen atoms in total. The first-order valence-electron chi connectivity index (χ1n) is 6.49. The number of aryl methyl sites for hydroxylation is 1. The standard InChI is InChI=1S/C13H25N3O/c1-6-11-15-12(16-17-11)13(14,7-9(2)3)8-10(4)5/h9-10H,6-8,14H2,1-5H3. The molecule has 0 saturated heterocycles.